The van der Waals surface area contributed by atoms with Crippen LogP contribution in [0.25, 0.3) is 0 Å². The van der Waals surface area contributed by atoms with Gasteiger partial charge in [-0.3, -0.25) is 4.79 Å². The van der Waals surface area contributed by atoms with E-state index in [9.17, 15) is 4.79 Å². The molecule has 20 heavy (non-hydrogen) atoms. The zero-order valence-electron chi connectivity index (χ0n) is 11.7. The monoisotopic (exact) mass is 272 g/mol. The largest absolute Gasteiger partial charge is 0.328 e. The van der Waals surface area contributed by atoms with Crippen LogP contribution in [0.2, 0.25) is 0 Å². The summed E-state index contributed by atoms with van der Waals surface area (Å²) in [6.07, 6.45) is 4.49. The number of aromatic nitrogens is 2. The van der Waals surface area contributed by atoms with Gasteiger partial charge in [-0.1, -0.05) is 25.1 Å². The topological polar surface area (TPSA) is 59.0 Å². The van der Waals surface area contributed by atoms with Crippen LogP contribution < -0.4 is 10.6 Å². The molecule has 0 fully saturated rings. The normalized spacial score (nSPS) is 10.4. The zero-order chi connectivity index (χ0) is 14.2. The fraction of sp³-hybridized carbons (Fsp3) is 0.333. The van der Waals surface area contributed by atoms with E-state index in [-0.39, 0.29) is 12.5 Å². The lowest BCUT2D eigenvalue weighted by Crippen LogP contribution is -2.18. The van der Waals surface area contributed by atoms with Gasteiger partial charge in [0.15, 0.2) is 0 Å². The molecule has 0 aliphatic heterocycles. The van der Waals surface area contributed by atoms with Crippen molar-refractivity contribution in [3.8, 4) is 0 Å². The van der Waals surface area contributed by atoms with Crippen molar-refractivity contribution in [3.63, 3.8) is 0 Å². The first kappa shape index (κ1) is 14.3. The molecule has 1 aromatic carbocycles. The predicted octanol–water partition coefficient (Wildman–Crippen LogP) is 1.67. The Morgan fingerprint density at radius 2 is 2.10 bits per heavy atom. The molecule has 5 heteroatoms. The smallest absolute Gasteiger partial charge is 0.244 e. The van der Waals surface area contributed by atoms with E-state index in [0.717, 1.165) is 30.9 Å². The molecule has 0 aliphatic carbocycles. The van der Waals surface area contributed by atoms with E-state index in [4.69, 9.17) is 0 Å². The van der Waals surface area contributed by atoms with E-state index < -0.39 is 0 Å². The zero-order valence-corrected chi connectivity index (χ0v) is 11.7. The van der Waals surface area contributed by atoms with Crippen LogP contribution >= 0.6 is 0 Å². The molecule has 0 aliphatic rings. The van der Waals surface area contributed by atoms with Crippen LogP contribution in [0.5, 0.6) is 0 Å². The first-order valence-electron chi connectivity index (χ1n) is 6.84. The van der Waals surface area contributed by atoms with Gasteiger partial charge in [0, 0.05) is 24.8 Å². The van der Waals surface area contributed by atoms with Crippen LogP contribution in [0.4, 0.5) is 5.69 Å². The number of anilines is 1. The Labute approximate surface area is 119 Å². The average Bonchev–Trinajstić information content (AvgIpc) is 2.87. The molecule has 0 saturated carbocycles. The Balaban J connectivity index is 1.82. The fourth-order valence-corrected chi connectivity index (χ4v) is 1.90. The van der Waals surface area contributed by atoms with Crippen LogP contribution in [-0.2, 0) is 17.8 Å². The molecule has 0 spiro atoms. The molecule has 0 radical (unpaired) electrons. The summed E-state index contributed by atoms with van der Waals surface area (Å²) in [5, 5.41) is 6.10. The molecule has 106 valence electrons. The number of carbonyl (C=O) groups excluding carboxylic acids is 1. The van der Waals surface area contributed by atoms with Crippen molar-refractivity contribution in [1.82, 2.24) is 14.9 Å². The highest BCUT2D eigenvalue weighted by atomic mass is 16.1. The van der Waals surface area contributed by atoms with Crippen LogP contribution in [-0.4, -0.2) is 28.5 Å². The van der Waals surface area contributed by atoms with E-state index in [1.807, 2.05) is 36.5 Å². The van der Waals surface area contributed by atoms with Gasteiger partial charge in [-0.05, 0) is 18.7 Å². The summed E-state index contributed by atoms with van der Waals surface area (Å²) >= 11 is 0. The number of hydrogen-bond acceptors (Lipinski definition) is 3. The summed E-state index contributed by atoms with van der Waals surface area (Å²) in [6.45, 7) is 4.22. The lowest BCUT2D eigenvalue weighted by molar-refractivity contribution is -0.116. The average molecular weight is 272 g/mol. The molecule has 0 saturated heterocycles. The number of benzene rings is 1. The van der Waals surface area contributed by atoms with Crippen molar-refractivity contribution in [2.75, 3.05) is 18.4 Å². The van der Waals surface area contributed by atoms with E-state index >= 15 is 0 Å². The summed E-state index contributed by atoms with van der Waals surface area (Å²) in [5.74, 6) is -0.0492. The molecule has 2 aromatic rings. The highest BCUT2D eigenvalue weighted by molar-refractivity contribution is 5.90. The van der Waals surface area contributed by atoms with E-state index in [1.54, 1.807) is 10.9 Å². The number of hydrogen-bond donors (Lipinski definition) is 2. The Morgan fingerprint density at radius 3 is 2.85 bits per heavy atom. The van der Waals surface area contributed by atoms with Crippen molar-refractivity contribution in [2.24, 2.45) is 0 Å². The van der Waals surface area contributed by atoms with Crippen molar-refractivity contribution in [3.05, 3.63) is 48.5 Å². The number of likely N-dealkylation sites (N-methyl/N-ethyl adjacent to an activating group) is 1. The molecule has 1 heterocycles. The van der Waals surface area contributed by atoms with Crippen LogP contribution in [0, 0.1) is 0 Å². The highest BCUT2D eigenvalue weighted by Gasteiger charge is 2.04. The maximum atomic E-state index is 11.9. The third kappa shape index (κ3) is 4.51. The van der Waals surface area contributed by atoms with E-state index in [2.05, 4.69) is 22.5 Å². The Bertz CT molecular complexity index is 536. The molecule has 2 N–H and O–H groups in total. The van der Waals surface area contributed by atoms with E-state index in [0.29, 0.717) is 0 Å². The number of carbonyl (C=O) groups is 1. The maximum absolute atomic E-state index is 11.9. The van der Waals surface area contributed by atoms with Gasteiger partial charge in [0.2, 0.25) is 5.91 Å². The third-order valence-corrected chi connectivity index (χ3v) is 2.88. The van der Waals surface area contributed by atoms with Crippen molar-refractivity contribution >= 4 is 11.6 Å². The summed E-state index contributed by atoms with van der Waals surface area (Å²) in [7, 11) is 0. The van der Waals surface area contributed by atoms with E-state index in [1.165, 1.54) is 0 Å². The van der Waals surface area contributed by atoms with Gasteiger partial charge in [-0.2, -0.15) is 0 Å². The van der Waals surface area contributed by atoms with Gasteiger partial charge in [-0.15, -0.1) is 0 Å². The first-order valence-corrected chi connectivity index (χ1v) is 6.84. The molecule has 1 amide bonds. The molecule has 1 aromatic heterocycles. The number of nitrogens with zero attached hydrogens (tertiary/aromatic N) is 2. The fourth-order valence-electron chi connectivity index (χ4n) is 1.90. The van der Waals surface area contributed by atoms with Gasteiger partial charge in [-0.25, -0.2) is 4.98 Å². The maximum Gasteiger partial charge on any atom is 0.244 e. The molecule has 5 nitrogen and oxygen atoms in total. The number of rotatable bonds is 7. The highest BCUT2D eigenvalue weighted by Crippen LogP contribution is 2.05. The van der Waals surface area contributed by atoms with Crippen molar-refractivity contribution in [2.45, 2.75) is 19.9 Å². The van der Waals surface area contributed by atoms with Crippen LogP contribution in [0.15, 0.2) is 42.9 Å². The molecular formula is C15H20N4O. The number of nitrogens with one attached hydrogen (secondary N) is 2. The Kier molecular flexibility index (Phi) is 5.32. The minimum atomic E-state index is -0.0492. The molecular weight excluding hydrogens is 252 g/mol. The molecule has 2 rings (SSSR count). The molecule has 0 bridgehead atoms. The van der Waals surface area contributed by atoms with Crippen LogP contribution in [0.3, 0.4) is 0 Å². The van der Waals surface area contributed by atoms with Crippen molar-refractivity contribution in [1.29, 1.82) is 0 Å². The van der Waals surface area contributed by atoms with Gasteiger partial charge in [0.1, 0.15) is 6.54 Å². The number of imidazole rings is 1. The predicted molar refractivity (Wildman–Crippen MR) is 79.5 cm³/mol. The quantitative estimate of drug-likeness (QED) is 0.754. The summed E-state index contributed by atoms with van der Waals surface area (Å²) < 4.78 is 1.81. The second-order valence-electron chi connectivity index (χ2n) is 4.56. The Hall–Kier alpha value is -2.14. The lowest BCUT2D eigenvalue weighted by atomic mass is 10.3. The number of para-hydroxylation sites is 1. The minimum absolute atomic E-state index is 0.0492. The second-order valence-corrected chi connectivity index (χ2v) is 4.56. The lowest BCUT2D eigenvalue weighted by Gasteiger charge is -2.05. The first-order chi connectivity index (χ1) is 9.78. The van der Waals surface area contributed by atoms with Gasteiger partial charge < -0.3 is 15.2 Å². The summed E-state index contributed by atoms with van der Waals surface area (Å²) in [4.78, 5) is 16.2. The standard InChI is InChI=1S/C15H20N4O/c1-2-16-9-8-14-10-19(12-17-14)11-15(20)18-13-6-4-3-5-7-13/h3-7,10,12,16H,2,8-9,11H2,1H3,(H,18,20). The SMILES string of the molecule is CCNCCc1cn(CC(=O)Nc2ccccc2)cn1. The van der Waals surface area contributed by atoms with Crippen LogP contribution in [0.1, 0.15) is 12.6 Å². The Morgan fingerprint density at radius 1 is 1.30 bits per heavy atom. The summed E-state index contributed by atoms with van der Waals surface area (Å²) in [6, 6.07) is 9.45. The summed E-state index contributed by atoms with van der Waals surface area (Å²) in [5.41, 5.74) is 1.81. The molecule has 0 unspecified atom stereocenters. The van der Waals surface area contributed by atoms with Gasteiger partial charge in [0.25, 0.3) is 0 Å². The second kappa shape index (κ2) is 7.45. The third-order valence-electron chi connectivity index (χ3n) is 2.88. The minimum Gasteiger partial charge on any atom is -0.328 e. The van der Waals surface area contributed by atoms with Crippen molar-refractivity contribution < 1.29 is 4.79 Å². The van der Waals surface area contributed by atoms with Gasteiger partial charge in [0.05, 0.1) is 12.0 Å². The molecule has 0 atom stereocenters. The number of amides is 1. The van der Waals surface area contributed by atoms with Gasteiger partial charge >= 0.3 is 0 Å².